The van der Waals surface area contributed by atoms with Gasteiger partial charge in [-0.25, -0.2) is 14.6 Å². The third-order valence-electron chi connectivity index (χ3n) is 5.76. The number of aliphatic imine (C=N–C) groups is 1. The van der Waals surface area contributed by atoms with E-state index in [1.807, 2.05) is 48.5 Å². The molecule has 1 aliphatic rings. The van der Waals surface area contributed by atoms with Gasteiger partial charge in [0, 0.05) is 20.2 Å². The van der Waals surface area contributed by atoms with Crippen LogP contribution >= 0.6 is 45.9 Å². The van der Waals surface area contributed by atoms with Crippen molar-refractivity contribution in [2.75, 3.05) is 7.11 Å². The summed E-state index contributed by atoms with van der Waals surface area (Å²) in [4.78, 5) is 30.7. The van der Waals surface area contributed by atoms with Gasteiger partial charge in [-0.2, -0.15) is 0 Å². The average Bonchev–Trinajstić information content (AvgIpc) is 3.58. The van der Waals surface area contributed by atoms with E-state index in [1.165, 1.54) is 29.8 Å². The predicted octanol–water partition coefficient (Wildman–Crippen LogP) is 8.00. The van der Waals surface area contributed by atoms with Gasteiger partial charge in [0.15, 0.2) is 17.2 Å². The minimum absolute atomic E-state index is 0.109. The maximum Gasteiger partial charge on any atom is 0.363 e. The first-order chi connectivity index (χ1) is 18.4. The number of ether oxygens (including phenoxy) is 3. The minimum Gasteiger partial charge on any atom is -0.493 e. The van der Waals surface area contributed by atoms with E-state index in [4.69, 9.17) is 37.4 Å². The first-order valence-electron chi connectivity index (χ1n) is 11.2. The molecule has 0 atom stereocenters. The van der Waals surface area contributed by atoms with E-state index in [9.17, 15) is 9.59 Å². The summed E-state index contributed by atoms with van der Waals surface area (Å²) >= 11 is 15.6. The Labute approximate surface area is 234 Å². The first-order valence-corrected chi connectivity index (χ1v) is 13.6. The molecule has 0 spiro atoms. The van der Waals surface area contributed by atoms with Crippen molar-refractivity contribution in [2.24, 2.45) is 4.99 Å². The van der Waals surface area contributed by atoms with Gasteiger partial charge in [0.05, 0.1) is 17.2 Å². The molecule has 188 valence electrons. The number of benzene rings is 3. The van der Waals surface area contributed by atoms with Crippen LogP contribution in [0.15, 0.2) is 77.4 Å². The summed E-state index contributed by atoms with van der Waals surface area (Å²) in [5.74, 6) is -0.515. The zero-order valence-corrected chi connectivity index (χ0v) is 22.6. The van der Waals surface area contributed by atoms with Crippen molar-refractivity contribution >= 4 is 90.0 Å². The second-order valence-electron chi connectivity index (χ2n) is 8.12. The number of thiophene rings is 2. The van der Waals surface area contributed by atoms with E-state index in [2.05, 4.69) is 4.99 Å². The predicted molar refractivity (Wildman–Crippen MR) is 152 cm³/mol. The highest BCUT2D eigenvalue weighted by Gasteiger charge is 2.28. The van der Waals surface area contributed by atoms with E-state index in [1.54, 1.807) is 24.3 Å². The van der Waals surface area contributed by atoms with Crippen LogP contribution in [0.25, 0.3) is 26.2 Å². The van der Waals surface area contributed by atoms with Gasteiger partial charge in [0.2, 0.25) is 5.90 Å². The Hall–Kier alpha value is -3.69. The Morgan fingerprint density at radius 3 is 2.29 bits per heavy atom. The molecule has 0 fully saturated rings. The van der Waals surface area contributed by atoms with Crippen LogP contribution in [0.3, 0.4) is 0 Å². The summed E-state index contributed by atoms with van der Waals surface area (Å²) in [5, 5.41) is 2.51. The molecule has 0 N–H and O–H groups in total. The number of esters is 2. The van der Waals surface area contributed by atoms with Crippen molar-refractivity contribution in [3.63, 3.8) is 0 Å². The smallest absolute Gasteiger partial charge is 0.363 e. The van der Waals surface area contributed by atoms with Crippen LogP contribution in [0.1, 0.15) is 20.1 Å². The van der Waals surface area contributed by atoms with Gasteiger partial charge >= 0.3 is 11.9 Å². The fraction of sp³-hybridized carbons (Fsp3) is 0.0357. The molecule has 6 nitrogen and oxygen atoms in total. The summed E-state index contributed by atoms with van der Waals surface area (Å²) in [6.07, 6.45) is 1.56. The number of hydrogen-bond donors (Lipinski definition) is 0. The highest BCUT2D eigenvalue weighted by Crippen LogP contribution is 2.39. The molecule has 1 aliphatic heterocycles. The standard InChI is InChI=1S/C28H15Cl2NO5S2/c1-34-19-13-14(10-11-18(19)35-28(33)25-23(30)16-7-3-5-9-21(16)38-25)12-17-27(32)36-26(31-17)24-22(29)15-6-2-4-8-20(15)37-24/h2-13H,1H3/b17-12-. The van der Waals surface area contributed by atoms with Crippen molar-refractivity contribution in [2.45, 2.75) is 0 Å². The fourth-order valence-corrected chi connectivity index (χ4v) is 6.79. The van der Waals surface area contributed by atoms with Gasteiger partial charge in [-0.3, -0.25) is 0 Å². The van der Waals surface area contributed by atoms with Crippen LogP contribution in [-0.4, -0.2) is 24.9 Å². The Balaban J connectivity index is 1.27. The Kier molecular flexibility index (Phi) is 6.41. The summed E-state index contributed by atoms with van der Waals surface area (Å²) in [7, 11) is 1.46. The molecule has 3 heterocycles. The number of hydrogen-bond acceptors (Lipinski definition) is 8. The van der Waals surface area contributed by atoms with Gasteiger partial charge in [-0.15, -0.1) is 22.7 Å². The molecule has 0 bridgehead atoms. The van der Waals surface area contributed by atoms with Gasteiger partial charge < -0.3 is 14.2 Å². The van der Waals surface area contributed by atoms with Crippen molar-refractivity contribution in [1.29, 1.82) is 0 Å². The molecule has 0 unspecified atom stereocenters. The highest BCUT2D eigenvalue weighted by molar-refractivity contribution is 7.22. The number of carbonyl (C=O) groups is 2. The lowest BCUT2D eigenvalue weighted by molar-refractivity contribution is -0.129. The van der Waals surface area contributed by atoms with Crippen molar-refractivity contribution in [3.8, 4) is 11.5 Å². The first kappa shape index (κ1) is 24.6. The van der Waals surface area contributed by atoms with Crippen LogP contribution in [0.5, 0.6) is 11.5 Å². The molecule has 0 aliphatic carbocycles. The molecule has 3 aromatic carbocycles. The lowest BCUT2D eigenvalue weighted by atomic mass is 10.1. The number of cyclic esters (lactones) is 1. The van der Waals surface area contributed by atoms with E-state index >= 15 is 0 Å². The molecular weight excluding hydrogens is 565 g/mol. The zero-order valence-electron chi connectivity index (χ0n) is 19.5. The van der Waals surface area contributed by atoms with Gasteiger partial charge in [-0.1, -0.05) is 65.7 Å². The topological polar surface area (TPSA) is 74.2 Å². The normalized spacial score (nSPS) is 14.2. The second kappa shape index (κ2) is 9.89. The number of rotatable bonds is 5. The summed E-state index contributed by atoms with van der Waals surface area (Å²) in [5.41, 5.74) is 0.707. The van der Waals surface area contributed by atoms with Crippen molar-refractivity contribution < 1.29 is 23.8 Å². The number of fused-ring (bicyclic) bond motifs is 2. The zero-order chi connectivity index (χ0) is 26.4. The molecule has 0 saturated heterocycles. The molecule has 5 aromatic rings. The summed E-state index contributed by atoms with van der Waals surface area (Å²) < 4.78 is 18.3. The van der Waals surface area contributed by atoms with Crippen LogP contribution < -0.4 is 9.47 Å². The molecule has 38 heavy (non-hydrogen) atoms. The van der Waals surface area contributed by atoms with Crippen molar-refractivity contribution in [1.82, 2.24) is 0 Å². The third-order valence-corrected chi connectivity index (χ3v) is 9.08. The lowest BCUT2D eigenvalue weighted by Crippen LogP contribution is -2.08. The maximum atomic E-state index is 12.9. The lowest BCUT2D eigenvalue weighted by Gasteiger charge is -2.09. The second-order valence-corrected chi connectivity index (χ2v) is 11.0. The number of methoxy groups -OCH3 is 1. The van der Waals surface area contributed by atoms with E-state index in [0.29, 0.717) is 31.1 Å². The van der Waals surface area contributed by atoms with Crippen LogP contribution in [-0.2, 0) is 9.53 Å². The Morgan fingerprint density at radius 1 is 0.921 bits per heavy atom. The van der Waals surface area contributed by atoms with Crippen LogP contribution in [0, 0.1) is 0 Å². The Bertz CT molecular complexity index is 1840. The van der Waals surface area contributed by atoms with Gasteiger partial charge in [0.25, 0.3) is 0 Å². The van der Waals surface area contributed by atoms with Gasteiger partial charge in [-0.05, 0) is 35.9 Å². The minimum atomic E-state index is -0.595. The summed E-state index contributed by atoms with van der Waals surface area (Å²) in [6.45, 7) is 0. The van der Waals surface area contributed by atoms with Crippen LogP contribution in [0.2, 0.25) is 10.0 Å². The number of carbonyl (C=O) groups excluding carboxylic acids is 2. The fourth-order valence-electron chi connectivity index (χ4n) is 3.97. The molecule has 2 aromatic heterocycles. The molecule has 6 rings (SSSR count). The third kappa shape index (κ3) is 4.35. The SMILES string of the molecule is COc1cc(/C=C2\N=C(c3sc4ccccc4c3Cl)OC2=O)ccc1OC(=O)c1sc2ccccc2c1Cl. The van der Waals surface area contributed by atoms with Crippen molar-refractivity contribution in [3.05, 3.63) is 97.8 Å². The average molecular weight is 580 g/mol. The van der Waals surface area contributed by atoms with E-state index in [0.717, 1.165) is 20.2 Å². The largest absolute Gasteiger partial charge is 0.493 e. The number of halogens is 2. The molecule has 0 amide bonds. The quantitative estimate of drug-likeness (QED) is 0.120. The maximum absolute atomic E-state index is 12.9. The Morgan fingerprint density at radius 2 is 1.61 bits per heavy atom. The van der Waals surface area contributed by atoms with E-state index < -0.39 is 11.9 Å². The molecular formula is C28H15Cl2NO5S2. The molecule has 10 heteroatoms. The summed E-state index contributed by atoms with van der Waals surface area (Å²) in [6, 6.07) is 20.0. The molecule has 0 radical (unpaired) electrons. The number of nitrogens with zero attached hydrogens (tertiary/aromatic N) is 1. The van der Waals surface area contributed by atoms with E-state index in [-0.39, 0.29) is 17.3 Å². The highest BCUT2D eigenvalue weighted by atomic mass is 35.5. The monoisotopic (exact) mass is 579 g/mol. The molecule has 0 saturated carbocycles. The van der Waals surface area contributed by atoms with Gasteiger partial charge in [0.1, 0.15) is 9.75 Å². The van der Waals surface area contributed by atoms with Crippen LogP contribution in [0.4, 0.5) is 0 Å².